The van der Waals surface area contributed by atoms with Crippen LogP contribution in [0, 0.1) is 5.82 Å². The van der Waals surface area contributed by atoms with E-state index in [9.17, 15) is 14.3 Å². The fraction of sp³-hybridized carbons (Fsp3) is 0.407. The molecule has 6 rings (SSSR count). The molecule has 1 aromatic carbocycles. The molecular weight excluding hydrogens is 445 g/mol. The number of rotatable bonds is 4. The van der Waals surface area contributed by atoms with Crippen molar-refractivity contribution in [2.45, 2.75) is 25.3 Å². The van der Waals surface area contributed by atoms with Gasteiger partial charge in [-0.2, -0.15) is 5.10 Å². The third-order valence-corrected chi connectivity index (χ3v) is 7.60. The highest BCUT2D eigenvalue weighted by atomic mass is 19.1. The van der Waals surface area contributed by atoms with Gasteiger partial charge in [0.1, 0.15) is 5.82 Å². The molecule has 1 atom stereocenters. The van der Waals surface area contributed by atoms with Gasteiger partial charge in [0.05, 0.1) is 30.6 Å². The summed E-state index contributed by atoms with van der Waals surface area (Å²) in [5.41, 5.74) is 10.9. The van der Waals surface area contributed by atoms with E-state index >= 15 is 0 Å². The molecule has 0 spiro atoms. The Balaban J connectivity index is 1.30. The lowest BCUT2D eigenvalue weighted by Gasteiger charge is -2.34. The lowest BCUT2D eigenvalue weighted by molar-refractivity contribution is -0.133. The van der Waals surface area contributed by atoms with Crippen LogP contribution in [0.2, 0.25) is 0 Å². The van der Waals surface area contributed by atoms with Crippen LogP contribution >= 0.6 is 0 Å². The van der Waals surface area contributed by atoms with Gasteiger partial charge < -0.3 is 14.9 Å². The summed E-state index contributed by atoms with van der Waals surface area (Å²) in [6.45, 7) is 3.31. The molecule has 182 valence electrons. The molecule has 1 aliphatic carbocycles. The second-order valence-electron chi connectivity index (χ2n) is 9.97. The van der Waals surface area contributed by atoms with Gasteiger partial charge in [0.2, 0.25) is 5.91 Å². The Morgan fingerprint density at radius 3 is 3.00 bits per heavy atom. The lowest BCUT2D eigenvalue weighted by atomic mass is 9.88. The molecule has 0 radical (unpaired) electrons. The lowest BCUT2D eigenvalue weighted by Crippen LogP contribution is -2.45. The molecule has 0 saturated carbocycles. The molecule has 35 heavy (non-hydrogen) atoms. The number of carbonyl (C=O) groups is 1. The fourth-order valence-electron chi connectivity index (χ4n) is 5.93. The van der Waals surface area contributed by atoms with Gasteiger partial charge in [0.15, 0.2) is 0 Å². The Kier molecular flexibility index (Phi) is 5.57. The maximum atomic E-state index is 14.5. The predicted octanol–water partition coefficient (Wildman–Crippen LogP) is 2.32. The first kappa shape index (κ1) is 22.2. The smallest absolute Gasteiger partial charge is 0.237 e. The van der Waals surface area contributed by atoms with E-state index in [-0.39, 0.29) is 24.4 Å². The van der Waals surface area contributed by atoms with E-state index in [4.69, 9.17) is 0 Å². The quantitative estimate of drug-likeness (QED) is 0.700. The molecule has 4 aliphatic heterocycles. The summed E-state index contributed by atoms with van der Waals surface area (Å²) >= 11 is 0. The van der Waals surface area contributed by atoms with Gasteiger partial charge in [-0.1, -0.05) is 12.2 Å². The average Bonchev–Trinajstić information content (AvgIpc) is 3.46. The van der Waals surface area contributed by atoms with Gasteiger partial charge in [-0.3, -0.25) is 15.1 Å². The van der Waals surface area contributed by atoms with Crippen molar-refractivity contribution in [1.29, 1.82) is 0 Å². The van der Waals surface area contributed by atoms with Crippen LogP contribution in [-0.4, -0.2) is 83.8 Å². The average molecular weight is 476 g/mol. The standard InChI is InChI=1S/C27H30FN5O2/c1-31-13-22(18-4-2-8-32(12-18)15-25(35)33-9-3-5-20(33)16-34)27-23(14-31)21-11-19(28)10-17-6-7-24(26(17)21)29-30-27/h4,6-7,10-11,14,20,30,34H,2-3,5,8-9,12-13,15-16H2,1H3/t20-/m0/s1. The Morgan fingerprint density at radius 1 is 1.26 bits per heavy atom. The van der Waals surface area contributed by atoms with E-state index in [1.165, 1.54) is 5.57 Å². The molecule has 1 saturated heterocycles. The number of aliphatic hydroxyl groups is 1. The maximum absolute atomic E-state index is 14.5. The van der Waals surface area contributed by atoms with E-state index in [1.807, 2.05) is 24.1 Å². The molecule has 0 unspecified atom stereocenters. The molecule has 7 nitrogen and oxygen atoms in total. The zero-order valence-electron chi connectivity index (χ0n) is 19.9. The second-order valence-corrected chi connectivity index (χ2v) is 9.97. The molecule has 5 aliphatic rings. The van der Waals surface area contributed by atoms with E-state index < -0.39 is 0 Å². The summed E-state index contributed by atoms with van der Waals surface area (Å²) in [7, 11) is 2.03. The summed E-state index contributed by atoms with van der Waals surface area (Å²) in [6.07, 6.45) is 10.8. The van der Waals surface area contributed by atoms with Crippen LogP contribution in [0.1, 0.15) is 36.0 Å². The summed E-state index contributed by atoms with van der Waals surface area (Å²) in [4.78, 5) is 19.1. The van der Waals surface area contributed by atoms with Crippen molar-refractivity contribution in [3.63, 3.8) is 0 Å². The molecule has 1 amide bonds. The number of allylic oxidation sites excluding steroid dienone is 2. The van der Waals surface area contributed by atoms with Crippen LogP contribution in [-0.2, 0) is 4.79 Å². The van der Waals surface area contributed by atoms with E-state index in [1.54, 1.807) is 12.1 Å². The number of aliphatic hydroxyl groups excluding tert-OH is 1. The monoisotopic (exact) mass is 475 g/mol. The number of hydrogen-bond donors (Lipinski definition) is 2. The minimum absolute atomic E-state index is 0.0295. The number of halogens is 1. The largest absolute Gasteiger partial charge is 0.394 e. The number of benzene rings is 1. The van der Waals surface area contributed by atoms with Crippen LogP contribution in [0.3, 0.4) is 0 Å². The summed E-state index contributed by atoms with van der Waals surface area (Å²) in [6, 6.07) is 3.11. The van der Waals surface area contributed by atoms with Gasteiger partial charge in [-0.05, 0) is 54.2 Å². The van der Waals surface area contributed by atoms with Crippen LogP contribution < -0.4 is 5.43 Å². The minimum atomic E-state index is -0.258. The van der Waals surface area contributed by atoms with E-state index in [2.05, 4.69) is 32.6 Å². The van der Waals surface area contributed by atoms with Crippen molar-refractivity contribution in [3.8, 4) is 0 Å². The van der Waals surface area contributed by atoms with Crippen molar-refractivity contribution in [3.05, 3.63) is 69.8 Å². The first-order valence-corrected chi connectivity index (χ1v) is 12.4. The van der Waals surface area contributed by atoms with Gasteiger partial charge in [0.25, 0.3) is 0 Å². The highest BCUT2D eigenvalue weighted by molar-refractivity contribution is 6.20. The zero-order chi connectivity index (χ0) is 24.1. The number of carbonyl (C=O) groups excluding carboxylic acids is 1. The first-order chi connectivity index (χ1) is 17.0. The number of nitrogens with zero attached hydrogens (tertiary/aromatic N) is 4. The number of amides is 1. The minimum Gasteiger partial charge on any atom is -0.394 e. The Morgan fingerprint density at radius 2 is 2.14 bits per heavy atom. The number of likely N-dealkylation sites (N-methyl/N-ethyl adjacent to an activating group) is 1. The summed E-state index contributed by atoms with van der Waals surface area (Å²) < 4.78 is 14.5. The van der Waals surface area contributed by atoms with Crippen LogP contribution in [0.25, 0.3) is 11.6 Å². The fourth-order valence-corrected chi connectivity index (χ4v) is 5.93. The van der Waals surface area contributed by atoms with Gasteiger partial charge in [-0.15, -0.1) is 0 Å². The molecule has 2 N–H and O–H groups in total. The number of fused-ring (bicyclic) bond motifs is 2. The van der Waals surface area contributed by atoms with Gasteiger partial charge in [0, 0.05) is 56.1 Å². The van der Waals surface area contributed by atoms with Crippen molar-refractivity contribution < 1.29 is 14.3 Å². The SMILES string of the molecule is CN1C=C2C(=C(C3=CCCN(CC(=O)N4CCC[C@H]4CO)C3)C1)NN=C1C=Cc3cc(F)cc2c31. The predicted molar refractivity (Wildman–Crippen MR) is 134 cm³/mol. The highest BCUT2D eigenvalue weighted by Crippen LogP contribution is 2.39. The second kappa shape index (κ2) is 8.77. The van der Waals surface area contributed by atoms with Crippen LogP contribution in [0.15, 0.2) is 52.4 Å². The van der Waals surface area contributed by atoms with Crippen molar-refractivity contribution in [1.82, 2.24) is 20.1 Å². The molecule has 4 heterocycles. The summed E-state index contributed by atoms with van der Waals surface area (Å²) in [5.74, 6) is -0.166. The Hall–Kier alpha value is -3.23. The van der Waals surface area contributed by atoms with E-state index in [0.717, 1.165) is 71.6 Å². The van der Waals surface area contributed by atoms with Crippen molar-refractivity contribution >= 4 is 23.3 Å². The van der Waals surface area contributed by atoms with Crippen molar-refractivity contribution in [2.75, 3.05) is 46.4 Å². The van der Waals surface area contributed by atoms with Gasteiger partial charge in [-0.25, -0.2) is 4.39 Å². The third kappa shape index (κ3) is 3.90. The normalized spacial score (nSPS) is 23.4. The summed E-state index contributed by atoms with van der Waals surface area (Å²) in [5, 5.41) is 14.3. The number of hydrazone groups is 1. The Bertz CT molecular complexity index is 1240. The molecule has 0 bridgehead atoms. The number of likely N-dealkylation sites (tertiary alicyclic amines) is 1. The van der Waals surface area contributed by atoms with E-state index in [0.29, 0.717) is 19.6 Å². The van der Waals surface area contributed by atoms with Crippen LogP contribution in [0.5, 0.6) is 0 Å². The highest BCUT2D eigenvalue weighted by Gasteiger charge is 2.32. The maximum Gasteiger partial charge on any atom is 0.237 e. The first-order valence-electron chi connectivity index (χ1n) is 12.4. The number of hydrogen-bond acceptors (Lipinski definition) is 6. The molecule has 8 heteroatoms. The molecule has 1 aromatic rings. The molecular formula is C27H30FN5O2. The van der Waals surface area contributed by atoms with Gasteiger partial charge >= 0.3 is 0 Å². The third-order valence-electron chi connectivity index (χ3n) is 7.60. The molecule has 1 fully saturated rings. The Labute approximate surface area is 204 Å². The topological polar surface area (TPSA) is 71.4 Å². The van der Waals surface area contributed by atoms with Crippen LogP contribution in [0.4, 0.5) is 4.39 Å². The number of nitrogens with one attached hydrogen (secondary N) is 1. The zero-order valence-corrected chi connectivity index (χ0v) is 19.9. The molecule has 0 aromatic heterocycles. The van der Waals surface area contributed by atoms with Crippen molar-refractivity contribution in [2.24, 2.45) is 5.10 Å².